The van der Waals surface area contributed by atoms with Gasteiger partial charge >= 0.3 is 18.1 Å². The van der Waals surface area contributed by atoms with Crippen LogP contribution < -0.4 is 0 Å². The summed E-state index contributed by atoms with van der Waals surface area (Å²) >= 11 is 0. The van der Waals surface area contributed by atoms with Crippen molar-refractivity contribution in [2.45, 2.75) is 45.7 Å². The minimum atomic E-state index is -4.46. The molecule has 0 aliphatic heterocycles. The highest BCUT2D eigenvalue weighted by molar-refractivity contribution is 6.04. The van der Waals surface area contributed by atoms with Crippen molar-refractivity contribution in [3.63, 3.8) is 0 Å². The zero-order valence-electron chi connectivity index (χ0n) is 17.1. The van der Waals surface area contributed by atoms with Gasteiger partial charge in [0.05, 0.1) is 18.8 Å². The van der Waals surface area contributed by atoms with Crippen LogP contribution in [0.25, 0.3) is 0 Å². The zero-order valence-corrected chi connectivity index (χ0v) is 17.1. The standard InChI is InChI=1S/C23H25F3O4/c1-3-29-20(27)22(21(28)30-4-2,18-9-7-5-6-8-10-18)16-15-17-11-13-19(14-12-17)23(24,25)26/h7,9,11-14,18H,3-6,8,10H2,1-2H3. The summed E-state index contributed by atoms with van der Waals surface area (Å²) < 4.78 is 48.8. The summed E-state index contributed by atoms with van der Waals surface area (Å²) in [5.74, 6) is 3.28. The third-order valence-corrected chi connectivity index (χ3v) is 4.87. The van der Waals surface area contributed by atoms with Crippen molar-refractivity contribution in [1.82, 2.24) is 0 Å². The Balaban J connectivity index is 2.55. The van der Waals surface area contributed by atoms with Gasteiger partial charge in [0.1, 0.15) is 0 Å². The van der Waals surface area contributed by atoms with Gasteiger partial charge in [-0.25, -0.2) is 9.59 Å². The maximum absolute atomic E-state index is 13.0. The molecule has 1 aliphatic rings. The van der Waals surface area contributed by atoms with E-state index in [1.54, 1.807) is 19.9 Å². The molecule has 1 aliphatic carbocycles. The molecule has 1 atom stereocenters. The Morgan fingerprint density at radius 1 is 1.03 bits per heavy atom. The van der Waals surface area contributed by atoms with Gasteiger partial charge in [-0.3, -0.25) is 0 Å². The molecule has 0 amide bonds. The molecule has 0 N–H and O–H groups in total. The van der Waals surface area contributed by atoms with Crippen molar-refractivity contribution in [3.8, 4) is 11.8 Å². The quantitative estimate of drug-likeness (QED) is 0.293. The molecule has 0 saturated heterocycles. The number of allylic oxidation sites excluding steroid dienone is 2. The minimum Gasteiger partial charge on any atom is -0.464 e. The Hall–Kier alpha value is -2.75. The molecule has 2 rings (SSSR count). The van der Waals surface area contributed by atoms with E-state index in [0.717, 1.165) is 31.4 Å². The van der Waals surface area contributed by atoms with Gasteiger partial charge in [-0.15, -0.1) is 0 Å². The Labute approximate surface area is 174 Å². The van der Waals surface area contributed by atoms with Crippen LogP contribution in [0.15, 0.2) is 36.4 Å². The van der Waals surface area contributed by atoms with Crippen molar-refractivity contribution < 1.29 is 32.2 Å². The normalized spacial score (nSPS) is 16.8. The Morgan fingerprint density at radius 3 is 2.17 bits per heavy atom. The molecule has 0 saturated carbocycles. The molecule has 7 heteroatoms. The van der Waals surface area contributed by atoms with E-state index in [9.17, 15) is 22.8 Å². The number of halogens is 3. The molecule has 0 heterocycles. The second-order valence-electron chi connectivity index (χ2n) is 6.89. The molecule has 0 spiro atoms. The van der Waals surface area contributed by atoms with Crippen molar-refractivity contribution in [2.24, 2.45) is 11.3 Å². The van der Waals surface area contributed by atoms with Crippen LogP contribution >= 0.6 is 0 Å². The van der Waals surface area contributed by atoms with Crippen molar-refractivity contribution in [1.29, 1.82) is 0 Å². The van der Waals surface area contributed by atoms with E-state index in [1.165, 1.54) is 12.1 Å². The highest BCUT2D eigenvalue weighted by Crippen LogP contribution is 2.37. The lowest BCUT2D eigenvalue weighted by atomic mass is 9.73. The maximum Gasteiger partial charge on any atom is 0.416 e. The van der Waals surface area contributed by atoms with Gasteiger partial charge in [-0.2, -0.15) is 13.2 Å². The molecular weight excluding hydrogens is 397 g/mol. The van der Waals surface area contributed by atoms with Gasteiger partial charge in [0.15, 0.2) is 0 Å². The number of benzene rings is 1. The highest BCUT2D eigenvalue weighted by Gasteiger charge is 2.53. The Kier molecular flexibility index (Phi) is 8.10. The maximum atomic E-state index is 13.0. The van der Waals surface area contributed by atoms with Crippen LogP contribution in [0, 0.1) is 23.2 Å². The molecule has 1 unspecified atom stereocenters. The molecule has 1 aromatic rings. The van der Waals surface area contributed by atoms with E-state index < -0.39 is 35.0 Å². The molecule has 0 fully saturated rings. The number of hydrogen-bond acceptors (Lipinski definition) is 4. The lowest BCUT2D eigenvalue weighted by Gasteiger charge is -2.30. The summed E-state index contributed by atoms with van der Waals surface area (Å²) in [6, 6.07) is 4.23. The summed E-state index contributed by atoms with van der Waals surface area (Å²) in [6.45, 7) is 3.36. The predicted molar refractivity (Wildman–Crippen MR) is 105 cm³/mol. The second-order valence-corrected chi connectivity index (χ2v) is 6.89. The SMILES string of the molecule is CCOC(=O)C(C#Cc1ccc(C(F)(F)F)cc1)(C(=O)OCC)C1C=CCCCC1. The van der Waals surface area contributed by atoms with E-state index in [4.69, 9.17) is 9.47 Å². The van der Waals surface area contributed by atoms with Crippen LogP contribution in [0.1, 0.15) is 50.7 Å². The van der Waals surface area contributed by atoms with E-state index in [1.807, 2.05) is 6.08 Å². The fraction of sp³-hybridized carbons (Fsp3) is 0.478. The summed E-state index contributed by atoms with van der Waals surface area (Å²) in [6.07, 6.45) is 2.31. The lowest BCUT2D eigenvalue weighted by molar-refractivity contribution is -0.170. The summed E-state index contributed by atoms with van der Waals surface area (Å²) in [4.78, 5) is 26.0. The first kappa shape index (κ1) is 23.5. The molecule has 1 aromatic carbocycles. The highest BCUT2D eigenvalue weighted by atomic mass is 19.4. The van der Waals surface area contributed by atoms with Crippen molar-refractivity contribution in [3.05, 3.63) is 47.5 Å². The molecular formula is C23H25F3O4. The Bertz CT molecular complexity index is 811. The topological polar surface area (TPSA) is 52.6 Å². The fourth-order valence-electron chi connectivity index (χ4n) is 3.33. The van der Waals surface area contributed by atoms with Crippen molar-refractivity contribution in [2.75, 3.05) is 13.2 Å². The first-order chi connectivity index (χ1) is 14.3. The summed E-state index contributed by atoms with van der Waals surface area (Å²) in [7, 11) is 0. The molecule has 30 heavy (non-hydrogen) atoms. The van der Waals surface area contributed by atoms with Gasteiger partial charge < -0.3 is 9.47 Å². The predicted octanol–water partition coefficient (Wildman–Crippen LogP) is 4.92. The van der Waals surface area contributed by atoms with E-state index in [0.29, 0.717) is 6.42 Å². The Morgan fingerprint density at radius 2 is 1.63 bits per heavy atom. The number of carbonyl (C=O) groups excluding carboxylic acids is 2. The number of carbonyl (C=O) groups is 2. The lowest BCUT2D eigenvalue weighted by Crippen LogP contribution is -2.46. The van der Waals surface area contributed by atoms with E-state index in [2.05, 4.69) is 11.8 Å². The van der Waals surface area contributed by atoms with Gasteiger partial charge in [-0.05, 0) is 57.4 Å². The average Bonchev–Trinajstić information content (AvgIpc) is 2.98. The molecule has 4 nitrogen and oxygen atoms in total. The van der Waals surface area contributed by atoms with E-state index in [-0.39, 0.29) is 18.8 Å². The van der Waals surface area contributed by atoms with Crippen molar-refractivity contribution >= 4 is 11.9 Å². The molecule has 0 bridgehead atoms. The van der Waals surface area contributed by atoms with Gasteiger partial charge in [0.25, 0.3) is 0 Å². The molecule has 0 radical (unpaired) electrons. The number of ether oxygens (including phenoxy) is 2. The van der Waals surface area contributed by atoms with Crippen LogP contribution in [0.4, 0.5) is 13.2 Å². The first-order valence-electron chi connectivity index (χ1n) is 9.97. The van der Waals surface area contributed by atoms with Gasteiger partial charge in [0.2, 0.25) is 5.41 Å². The fourth-order valence-corrected chi connectivity index (χ4v) is 3.33. The number of alkyl halides is 3. The second kappa shape index (κ2) is 10.3. The monoisotopic (exact) mass is 422 g/mol. The van der Waals surface area contributed by atoms with Crippen LogP contribution in [0.2, 0.25) is 0 Å². The third kappa shape index (κ3) is 5.44. The largest absolute Gasteiger partial charge is 0.464 e. The minimum absolute atomic E-state index is 0.0540. The summed E-state index contributed by atoms with van der Waals surface area (Å²) in [5.41, 5.74) is -2.43. The molecule has 0 aromatic heterocycles. The third-order valence-electron chi connectivity index (χ3n) is 4.87. The number of hydrogen-bond donors (Lipinski definition) is 0. The smallest absolute Gasteiger partial charge is 0.416 e. The number of esters is 2. The summed E-state index contributed by atoms with van der Waals surface area (Å²) in [5, 5.41) is 0. The van der Waals surface area contributed by atoms with Gasteiger partial charge in [0, 0.05) is 11.5 Å². The van der Waals surface area contributed by atoms with Crippen LogP contribution in [0.5, 0.6) is 0 Å². The van der Waals surface area contributed by atoms with Gasteiger partial charge in [-0.1, -0.05) is 30.4 Å². The van der Waals surface area contributed by atoms with Crippen LogP contribution in [-0.2, 0) is 25.2 Å². The first-order valence-corrected chi connectivity index (χ1v) is 9.97. The van der Waals surface area contributed by atoms with E-state index >= 15 is 0 Å². The van der Waals surface area contributed by atoms with Crippen LogP contribution in [-0.4, -0.2) is 25.2 Å². The zero-order chi connectivity index (χ0) is 22.2. The molecule has 162 valence electrons. The average molecular weight is 422 g/mol. The number of rotatable bonds is 5. The van der Waals surface area contributed by atoms with Crippen LogP contribution in [0.3, 0.4) is 0 Å².